The van der Waals surface area contributed by atoms with Crippen LogP contribution in [0.25, 0.3) is 0 Å². The molecule has 0 aliphatic heterocycles. The Labute approximate surface area is 83.1 Å². The highest BCUT2D eigenvalue weighted by Gasteiger charge is 2.15. The summed E-state index contributed by atoms with van der Waals surface area (Å²) in [6.07, 6.45) is 5.49. The lowest BCUT2D eigenvalue weighted by atomic mass is 10.0. The van der Waals surface area contributed by atoms with Crippen molar-refractivity contribution in [2.45, 2.75) is 32.6 Å². The summed E-state index contributed by atoms with van der Waals surface area (Å²) in [5, 5.41) is 8.44. The number of carboxylic acid groups (broad SMARTS) is 1. The molecular weight excluding hydrogens is 180 g/mol. The van der Waals surface area contributed by atoms with Gasteiger partial charge in [-0.2, -0.15) is 0 Å². The summed E-state index contributed by atoms with van der Waals surface area (Å²) in [7, 11) is 0. The normalized spacial score (nSPS) is 14.9. The minimum atomic E-state index is -0.918. The number of allylic oxidation sites excluding steroid dienone is 4. The minimum Gasteiger partial charge on any atom is -0.481 e. The molecule has 3 nitrogen and oxygen atoms in total. The van der Waals surface area contributed by atoms with Crippen LogP contribution in [0.15, 0.2) is 23.3 Å². The maximum absolute atomic E-state index is 11.5. The molecule has 0 saturated heterocycles. The quantitative estimate of drug-likeness (QED) is 0.729. The van der Waals surface area contributed by atoms with E-state index in [0.29, 0.717) is 0 Å². The molecule has 0 atom stereocenters. The van der Waals surface area contributed by atoms with Crippen molar-refractivity contribution in [2.75, 3.05) is 0 Å². The summed E-state index contributed by atoms with van der Waals surface area (Å²) >= 11 is 0. The number of ketones is 1. The van der Waals surface area contributed by atoms with Gasteiger partial charge in [-0.05, 0) is 12.8 Å². The number of hydrogen-bond donors (Lipinski definition) is 1. The molecule has 0 unspecified atom stereocenters. The van der Waals surface area contributed by atoms with Crippen LogP contribution in [0.3, 0.4) is 0 Å². The first-order valence-corrected chi connectivity index (χ1v) is 4.78. The Morgan fingerprint density at radius 2 is 2.14 bits per heavy atom. The molecule has 0 saturated carbocycles. The van der Waals surface area contributed by atoms with Gasteiger partial charge in [0.05, 0.1) is 6.42 Å². The molecule has 3 heteroatoms. The number of hydrogen-bond acceptors (Lipinski definition) is 2. The first kappa shape index (κ1) is 10.7. The smallest absolute Gasteiger partial charge is 0.303 e. The van der Waals surface area contributed by atoms with Crippen LogP contribution in [-0.2, 0) is 9.59 Å². The van der Waals surface area contributed by atoms with Crippen LogP contribution in [0.5, 0.6) is 0 Å². The highest BCUT2D eigenvalue weighted by Crippen LogP contribution is 2.23. The number of rotatable bonds is 5. The van der Waals surface area contributed by atoms with Crippen molar-refractivity contribution in [3.63, 3.8) is 0 Å². The average molecular weight is 194 g/mol. The first-order valence-electron chi connectivity index (χ1n) is 4.78. The number of Topliss-reactive ketones (excluding diaryl/α,β-unsaturated/α-hetero) is 1. The van der Waals surface area contributed by atoms with Gasteiger partial charge in [-0.25, -0.2) is 0 Å². The van der Waals surface area contributed by atoms with E-state index in [0.717, 1.165) is 24.0 Å². The summed E-state index contributed by atoms with van der Waals surface area (Å²) in [4.78, 5) is 21.8. The predicted octanol–water partition coefficient (Wildman–Crippen LogP) is 2.09. The van der Waals surface area contributed by atoms with Gasteiger partial charge < -0.3 is 5.11 Å². The zero-order valence-corrected chi connectivity index (χ0v) is 8.25. The number of carbonyl (C=O) groups excluding carboxylic acids is 1. The molecule has 0 fully saturated rings. The summed E-state index contributed by atoms with van der Waals surface area (Å²) in [6.45, 7) is 2.01. The lowest BCUT2D eigenvalue weighted by Crippen LogP contribution is -2.05. The molecule has 1 aliphatic rings. The topological polar surface area (TPSA) is 54.4 Å². The van der Waals surface area contributed by atoms with Gasteiger partial charge in [-0.15, -0.1) is 0 Å². The van der Waals surface area contributed by atoms with E-state index in [9.17, 15) is 9.59 Å². The van der Waals surface area contributed by atoms with Crippen molar-refractivity contribution >= 4 is 11.8 Å². The van der Waals surface area contributed by atoms with Crippen molar-refractivity contribution in [1.29, 1.82) is 0 Å². The van der Waals surface area contributed by atoms with Gasteiger partial charge in [0.2, 0.25) is 0 Å². The molecule has 0 bridgehead atoms. The molecule has 0 heterocycles. The second-order valence-corrected chi connectivity index (χ2v) is 3.29. The van der Waals surface area contributed by atoms with Crippen molar-refractivity contribution in [3.8, 4) is 0 Å². The van der Waals surface area contributed by atoms with Gasteiger partial charge in [0.15, 0.2) is 5.78 Å². The Bertz CT molecular complexity index is 310. The van der Waals surface area contributed by atoms with Gasteiger partial charge in [0.25, 0.3) is 0 Å². The zero-order valence-electron chi connectivity index (χ0n) is 8.25. The van der Waals surface area contributed by atoms with E-state index in [1.54, 1.807) is 0 Å². The summed E-state index contributed by atoms with van der Waals surface area (Å²) in [6, 6.07) is 0. The summed E-state index contributed by atoms with van der Waals surface area (Å²) in [5.74, 6) is -0.961. The molecule has 1 N–H and O–H groups in total. The molecule has 1 rings (SSSR count). The molecule has 76 valence electrons. The maximum Gasteiger partial charge on any atom is 0.303 e. The second-order valence-electron chi connectivity index (χ2n) is 3.29. The Morgan fingerprint density at radius 3 is 2.71 bits per heavy atom. The molecule has 1 aliphatic carbocycles. The van der Waals surface area contributed by atoms with Gasteiger partial charge in [-0.1, -0.05) is 24.6 Å². The van der Waals surface area contributed by atoms with Crippen LogP contribution in [0.4, 0.5) is 0 Å². The fraction of sp³-hybridized carbons (Fsp3) is 0.455. The highest BCUT2D eigenvalue weighted by atomic mass is 16.4. The van der Waals surface area contributed by atoms with Crippen LogP contribution >= 0.6 is 0 Å². The summed E-state index contributed by atoms with van der Waals surface area (Å²) in [5.41, 5.74) is 1.86. The lowest BCUT2D eigenvalue weighted by Gasteiger charge is -2.02. The highest BCUT2D eigenvalue weighted by molar-refractivity contribution is 6.00. The Hall–Kier alpha value is -1.38. The first-order chi connectivity index (χ1) is 6.65. The van der Waals surface area contributed by atoms with Gasteiger partial charge in [0.1, 0.15) is 0 Å². The molecule has 0 amide bonds. The molecule has 0 aromatic rings. The van der Waals surface area contributed by atoms with Crippen molar-refractivity contribution in [2.24, 2.45) is 0 Å². The molecule has 0 radical (unpaired) electrons. The van der Waals surface area contributed by atoms with Gasteiger partial charge >= 0.3 is 5.97 Å². The summed E-state index contributed by atoms with van der Waals surface area (Å²) < 4.78 is 0. The van der Waals surface area contributed by atoms with E-state index >= 15 is 0 Å². The standard InChI is InChI=1S/C11H14O3/c1-2-8-4-3-5-9(8)10(12)6-7-11(13)14/h3,5H,2,4,6-7H2,1H3,(H,13,14). The Balaban J connectivity index is 2.59. The predicted molar refractivity (Wildman–Crippen MR) is 53.0 cm³/mol. The van der Waals surface area contributed by atoms with E-state index in [4.69, 9.17) is 5.11 Å². The van der Waals surface area contributed by atoms with Crippen LogP contribution in [0.1, 0.15) is 32.6 Å². The molecule has 0 aromatic heterocycles. The number of aliphatic carboxylic acids is 1. The molecule has 0 aromatic carbocycles. The van der Waals surface area contributed by atoms with Gasteiger partial charge in [-0.3, -0.25) is 9.59 Å². The lowest BCUT2D eigenvalue weighted by molar-refractivity contribution is -0.138. The van der Waals surface area contributed by atoms with E-state index in [1.807, 2.05) is 19.1 Å². The van der Waals surface area contributed by atoms with E-state index in [-0.39, 0.29) is 18.6 Å². The van der Waals surface area contributed by atoms with Crippen LogP contribution in [-0.4, -0.2) is 16.9 Å². The largest absolute Gasteiger partial charge is 0.481 e. The third-order valence-electron chi connectivity index (χ3n) is 2.32. The fourth-order valence-corrected chi connectivity index (χ4v) is 1.53. The monoisotopic (exact) mass is 194 g/mol. The average Bonchev–Trinajstić information content (AvgIpc) is 2.61. The second kappa shape index (κ2) is 4.74. The van der Waals surface area contributed by atoms with Crippen molar-refractivity contribution in [1.82, 2.24) is 0 Å². The molecule has 14 heavy (non-hydrogen) atoms. The van der Waals surface area contributed by atoms with E-state index in [2.05, 4.69) is 0 Å². The maximum atomic E-state index is 11.5. The number of carboxylic acids is 1. The van der Waals surface area contributed by atoms with Crippen LogP contribution < -0.4 is 0 Å². The minimum absolute atomic E-state index is 0.0435. The zero-order chi connectivity index (χ0) is 10.6. The van der Waals surface area contributed by atoms with E-state index in [1.165, 1.54) is 0 Å². The molecular formula is C11H14O3. The number of carbonyl (C=O) groups is 2. The fourth-order valence-electron chi connectivity index (χ4n) is 1.53. The Morgan fingerprint density at radius 1 is 1.43 bits per heavy atom. The van der Waals surface area contributed by atoms with Crippen molar-refractivity contribution < 1.29 is 14.7 Å². The van der Waals surface area contributed by atoms with Crippen LogP contribution in [0, 0.1) is 0 Å². The van der Waals surface area contributed by atoms with Gasteiger partial charge in [0, 0.05) is 12.0 Å². The van der Waals surface area contributed by atoms with Crippen molar-refractivity contribution in [3.05, 3.63) is 23.3 Å². The third kappa shape index (κ3) is 2.55. The SMILES string of the molecule is CCC1=C(C(=O)CCC(=O)O)C=CC1. The Kier molecular flexibility index (Phi) is 3.63. The molecule has 0 spiro atoms. The van der Waals surface area contributed by atoms with Crippen LogP contribution in [0.2, 0.25) is 0 Å². The van der Waals surface area contributed by atoms with E-state index < -0.39 is 5.97 Å². The third-order valence-corrected chi connectivity index (χ3v) is 2.32.